The molecule has 158 valence electrons. The quantitative estimate of drug-likeness (QED) is 0.715. The maximum Gasteiger partial charge on any atom is 0.264 e. The standard InChI is InChI=1S/C20H21N3O6S/c1-13(24)22-30(27,28)16-9-7-15(8-10-16)21-20(26)14-11-19(25)23(12-14)17-5-3-4-6-18(17)29-2/h3-10,14H,11-12H2,1-2H3,(H,21,26)(H,22,24)/t14-/m0/s1. The molecule has 2 N–H and O–H groups in total. The molecule has 1 aliphatic heterocycles. The molecular formula is C20H21N3O6S. The van der Waals surface area contributed by atoms with E-state index in [4.69, 9.17) is 4.74 Å². The van der Waals surface area contributed by atoms with Gasteiger partial charge in [0.1, 0.15) is 5.75 Å². The molecule has 0 spiro atoms. The molecule has 1 aliphatic rings. The van der Waals surface area contributed by atoms with E-state index in [1.807, 2.05) is 4.72 Å². The number of nitrogens with zero attached hydrogens (tertiary/aromatic N) is 1. The molecule has 30 heavy (non-hydrogen) atoms. The van der Waals surface area contributed by atoms with Crippen LogP contribution in [-0.2, 0) is 24.4 Å². The smallest absolute Gasteiger partial charge is 0.264 e. The third-order valence-corrected chi connectivity index (χ3v) is 6.03. The summed E-state index contributed by atoms with van der Waals surface area (Å²) < 4.78 is 31.1. The van der Waals surface area contributed by atoms with Gasteiger partial charge in [-0.25, -0.2) is 13.1 Å². The zero-order valence-corrected chi connectivity index (χ0v) is 17.2. The highest BCUT2D eigenvalue weighted by Crippen LogP contribution is 2.33. The van der Waals surface area contributed by atoms with E-state index in [1.54, 1.807) is 24.3 Å². The lowest BCUT2D eigenvalue weighted by atomic mass is 10.1. The Kier molecular flexibility index (Phi) is 6.06. The van der Waals surface area contributed by atoms with E-state index in [-0.39, 0.29) is 29.7 Å². The van der Waals surface area contributed by atoms with Crippen LogP contribution in [0.15, 0.2) is 53.4 Å². The second-order valence-electron chi connectivity index (χ2n) is 6.75. The molecule has 1 fully saturated rings. The molecule has 0 bridgehead atoms. The van der Waals surface area contributed by atoms with E-state index in [1.165, 1.54) is 36.3 Å². The largest absolute Gasteiger partial charge is 0.495 e. The van der Waals surface area contributed by atoms with Crippen molar-refractivity contribution in [2.45, 2.75) is 18.2 Å². The SMILES string of the molecule is COc1ccccc1N1C[C@@H](C(=O)Nc2ccc(S(=O)(=O)NC(C)=O)cc2)CC1=O. The van der Waals surface area contributed by atoms with Crippen LogP contribution >= 0.6 is 0 Å². The van der Waals surface area contributed by atoms with E-state index in [9.17, 15) is 22.8 Å². The van der Waals surface area contributed by atoms with Crippen LogP contribution in [0.3, 0.4) is 0 Å². The first kappa shape index (κ1) is 21.3. The fourth-order valence-corrected chi connectivity index (χ4v) is 4.17. The Balaban J connectivity index is 1.68. The molecule has 3 rings (SSSR count). The summed E-state index contributed by atoms with van der Waals surface area (Å²) in [4.78, 5) is 37.5. The number of ether oxygens (including phenoxy) is 1. The maximum absolute atomic E-state index is 12.6. The second kappa shape index (κ2) is 8.54. The number of carbonyl (C=O) groups excluding carboxylic acids is 3. The minimum atomic E-state index is -3.95. The number of carbonyl (C=O) groups is 3. The summed E-state index contributed by atoms with van der Waals surface area (Å²) in [6.07, 6.45) is 0.0544. The monoisotopic (exact) mass is 431 g/mol. The lowest BCUT2D eigenvalue weighted by Gasteiger charge is -2.19. The minimum Gasteiger partial charge on any atom is -0.495 e. The van der Waals surface area contributed by atoms with Crippen molar-refractivity contribution in [3.8, 4) is 5.75 Å². The number of para-hydroxylation sites is 2. The molecule has 1 saturated heterocycles. The number of amides is 3. The van der Waals surface area contributed by atoms with E-state index >= 15 is 0 Å². The van der Waals surface area contributed by atoms with E-state index in [2.05, 4.69) is 5.32 Å². The van der Waals surface area contributed by atoms with Gasteiger partial charge in [0.05, 0.1) is 23.6 Å². The van der Waals surface area contributed by atoms with Crippen LogP contribution in [0, 0.1) is 5.92 Å². The van der Waals surface area contributed by atoms with Crippen LogP contribution in [0.1, 0.15) is 13.3 Å². The fraction of sp³-hybridized carbons (Fsp3) is 0.250. The first-order chi connectivity index (χ1) is 14.2. The molecule has 1 atom stereocenters. The number of anilines is 2. The Hall–Kier alpha value is -3.40. The zero-order chi connectivity index (χ0) is 21.9. The van der Waals surface area contributed by atoms with Crippen molar-refractivity contribution in [2.75, 3.05) is 23.9 Å². The number of rotatable bonds is 6. The Morgan fingerprint density at radius 2 is 1.77 bits per heavy atom. The van der Waals surface area contributed by atoms with Crippen LogP contribution in [0.4, 0.5) is 11.4 Å². The summed E-state index contributed by atoms with van der Waals surface area (Å²) in [5.74, 6) is -1.25. The van der Waals surface area contributed by atoms with Gasteiger partial charge in [-0.15, -0.1) is 0 Å². The molecule has 0 aliphatic carbocycles. The number of hydrogen-bond donors (Lipinski definition) is 2. The van der Waals surface area contributed by atoms with E-state index in [0.29, 0.717) is 17.1 Å². The van der Waals surface area contributed by atoms with Gasteiger partial charge < -0.3 is 15.0 Å². The maximum atomic E-state index is 12.6. The molecule has 0 saturated carbocycles. The lowest BCUT2D eigenvalue weighted by Crippen LogP contribution is -2.29. The van der Waals surface area contributed by atoms with Gasteiger partial charge in [0.2, 0.25) is 17.7 Å². The third-order valence-electron chi connectivity index (χ3n) is 4.58. The van der Waals surface area contributed by atoms with Gasteiger partial charge in [-0.1, -0.05) is 12.1 Å². The molecule has 2 aromatic carbocycles. The van der Waals surface area contributed by atoms with Gasteiger partial charge in [-0.2, -0.15) is 0 Å². The number of hydrogen-bond acceptors (Lipinski definition) is 6. The molecule has 0 unspecified atom stereocenters. The van der Waals surface area contributed by atoms with Crippen LogP contribution in [0.25, 0.3) is 0 Å². The van der Waals surface area contributed by atoms with Crippen molar-refractivity contribution >= 4 is 39.1 Å². The summed E-state index contributed by atoms with van der Waals surface area (Å²) in [5.41, 5.74) is 0.984. The topological polar surface area (TPSA) is 122 Å². The first-order valence-corrected chi connectivity index (χ1v) is 10.6. The average molecular weight is 431 g/mol. The van der Waals surface area contributed by atoms with Crippen LogP contribution < -0.4 is 19.7 Å². The van der Waals surface area contributed by atoms with Gasteiger partial charge in [0.25, 0.3) is 10.0 Å². The Morgan fingerprint density at radius 3 is 2.40 bits per heavy atom. The van der Waals surface area contributed by atoms with Crippen molar-refractivity contribution in [2.24, 2.45) is 5.92 Å². The minimum absolute atomic E-state index is 0.0544. The summed E-state index contributed by atoms with van der Waals surface area (Å²) in [5, 5.41) is 2.69. The number of benzene rings is 2. The highest BCUT2D eigenvalue weighted by atomic mass is 32.2. The summed E-state index contributed by atoms with van der Waals surface area (Å²) >= 11 is 0. The average Bonchev–Trinajstić information content (AvgIpc) is 3.09. The summed E-state index contributed by atoms with van der Waals surface area (Å²) in [7, 11) is -2.43. The van der Waals surface area contributed by atoms with Crippen molar-refractivity contribution in [3.05, 3.63) is 48.5 Å². The third kappa shape index (κ3) is 4.60. The van der Waals surface area contributed by atoms with E-state index < -0.39 is 21.8 Å². The first-order valence-electron chi connectivity index (χ1n) is 9.09. The van der Waals surface area contributed by atoms with Crippen molar-refractivity contribution in [1.29, 1.82) is 0 Å². The molecule has 1 heterocycles. The summed E-state index contributed by atoms with van der Waals surface area (Å²) in [6.45, 7) is 1.31. The predicted molar refractivity (Wildman–Crippen MR) is 110 cm³/mol. The van der Waals surface area contributed by atoms with Gasteiger partial charge >= 0.3 is 0 Å². The number of nitrogens with one attached hydrogen (secondary N) is 2. The van der Waals surface area contributed by atoms with Crippen molar-refractivity contribution < 1.29 is 27.5 Å². The molecule has 0 aromatic heterocycles. The Morgan fingerprint density at radius 1 is 1.10 bits per heavy atom. The molecule has 9 nitrogen and oxygen atoms in total. The van der Waals surface area contributed by atoms with Crippen molar-refractivity contribution in [3.63, 3.8) is 0 Å². The molecule has 2 aromatic rings. The Bertz CT molecular complexity index is 1080. The van der Waals surface area contributed by atoms with Crippen LogP contribution in [0.5, 0.6) is 5.75 Å². The molecule has 10 heteroatoms. The van der Waals surface area contributed by atoms with Crippen LogP contribution in [-0.4, -0.2) is 39.8 Å². The lowest BCUT2D eigenvalue weighted by molar-refractivity contribution is -0.122. The second-order valence-corrected chi connectivity index (χ2v) is 8.43. The molecule has 3 amide bonds. The summed E-state index contributed by atoms with van der Waals surface area (Å²) in [6, 6.07) is 12.5. The van der Waals surface area contributed by atoms with Crippen LogP contribution in [0.2, 0.25) is 0 Å². The number of sulfonamides is 1. The molecular weight excluding hydrogens is 410 g/mol. The zero-order valence-electron chi connectivity index (χ0n) is 16.4. The van der Waals surface area contributed by atoms with E-state index in [0.717, 1.165) is 6.92 Å². The highest BCUT2D eigenvalue weighted by molar-refractivity contribution is 7.90. The normalized spacial score (nSPS) is 16.3. The Labute approximate surface area is 174 Å². The number of methoxy groups -OCH3 is 1. The van der Waals surface area contributed by atoms with Gasteiger partial charge in [-0.05, 0) is 36.4 Å². The predicted octanol–water partition coefficient (Wildman–Crippen LogP) is 1.51. The van der Waals surface area contributed by atoms with Gasteiger partial charge in [0, 0.05) is 25.6 Å². The highest BCUT2D eigenvalue weighted by Gasteiger charge is 2.36. The molecule has 0 radical (unpaired) electrons. The van der Waals surface area contributed by atoms with Gasteiger partial charge in [0.15, 0.2) is 0 Å². The fourth-order valence-electron chi connectivity index (χ4n) is 3.18. The van der Waals surface area contributed by atoms with Crippen molar-refractivity contribution in [1.82, 2.24) is 4.72 Å². The van der Waals surface area contributed by atoms with Gasteiger partial charge in [-0.3, -0.25) is 14.4 Å².